The fourth-order valence-corrected chi connectivity index (χ4v) is 8.68. The highest BCUT2D eigenvalue weighted by Crippen LogP contribution is 2.68. The van der Waals surface area contributed by atoms with E-state index in [2.05, 4.69) is 20.8 Å². The number of aliphatic hydroxyl groups is 3. The van der Waals surface area contributed by atoms with Crippen molar-refractivity contribution in [3.05, 3.63) is 0 Å². The van der Waals surface area contributed by atoms with Crippen LogP contribution in [0.3, 0.4) is 0 Å². The fraction of sp³-hybridized carbons (Fsp3) is 0.958. The third kappa shape index (κ3) is 3.27. The first-order chi connectivity index (χ1) is 13.6. The van der Waals surface area contributed by atoms with E-state index in [1.807, 2.05) is 0 Å². The highest BCUT2D eigenvalue weighted by atomic mass is 16.4. The molecule has 4 fully saturated rings. The van der Waals surface area contributed by atoms with Crippen LogP contribution in [0.4, 0.5) is 0 Å². The molecule has 29 heavy (non-hydrogen) atoms. The van der Waals surface area contributed by atoms with Crippen molar-refractivity contribution < 1.29 is 25.2 Å². The average molecular weight is 409 g/mol. The monoisotopic (exact) mass is 408 g/mol. The van der Waals surface area contributed by atoms with Crippen LogP contribution in [-0.4, -0.2) is 44.7 Å². The largest absolute Gasteiger partial charge is 0.481 e. The third-order valence-corrected chi connectivity index (χ3v) is 10.3. The molecule has 0 aromatic heterocycles. The second-order valence-corrected chi connectivity index (χ2v) is 11.4. The number of rotatable bonds is 4. The zero-order valence-corrected chi connectivity index (χ0v) is 18.3. The number of hydrogen-bond acceptors (Lipinski definition) is 4. The summed E-state index contributed by atoms with van der Waals surface area (Å²) in [6, 6.07) is 0. The van der Waals surface area contributed by atoms with Crippen molar-refractivity contribution in [2.24, 2.45) is 46.3 Å². The number of aliphatic hydroxyl groups excluding tert-OH is 3. The van der Waals surface area contributed by atoms with Gasteiger partial charge in [-0.1, -0.05) is 20.8 Å². The highest BCUT2D eigenvalue weighted by Gasteiger charge is 2.65. The molecule has 166 valence electrons. The SMILES string of the molecule is C[C@H](CCC(=O)O)[C@@H]1CCC2C3C(O)C[C@@H]4C[C@H](O)CC[C@]4(C)C3C[C@H](O)[C@@]21C. The number of carboxylic acids is 1. The summed E-state index contributed by atoms with van der Waals surface area (Å²) < 4.78 is 0. The Balaban J connectivity index is 1.61. The van der Waals surface area contributed by atoms with Crippen molar-refractivity contribution >= 4 is 5.97 Å². The molecular weight excluding hydrogens is 368 g/mol. The van der Waals surface area contributed by atoms with E-state index < -0.39 is 12.1 Å². The van der Waals surface area contributed by atoms with Crippen molar-refractivity contribution in [3.8, 4) is 0 Å². The third-order valence-electron chi connectivity index (χ3n) is 10.3. The quantitative estimate of drug-likeness (QED) is 0.571. The van der Waals surface area contributed by atoms with Gasteiger partial charge in [0, 0.05) is 6.42 Å². The first-order valence-electron chi connectivity index (χ1n) is 11.8. The van der Waals surface area contributed by atoms with E-state index in [0.29, 0.717) is 30.1 Å². The van der Waals surface area contributed by atoms with Crippen molar-refractivity contribution in [1.29, 1.82) is 0 Å². The predicted octanol–water partition coefficient (Wildman–Crippen LogP) is 3.45. The molecule has 0 aromatic rings. The summed E-state index contributed by atoms with van der Waals surface area (Å²) in [4.78, 5) is 11.1. The summed E-state index contributed by atoms with van der Waals surface area (Å²) in [6.45, 7) is 6.72. The van der Waals surface area contributed by atoms with Crippen LogP contribution in [-0.2, 0) is 4.79 Å². The molecule has 0 aromatic carbocycles. The molecule has 11 atom stereocenters. The molecule has 4 aliphatic rings. The van der Waals surface area contributed by atoms with Crippen LogP contribution < -0.4 is 0 Å². The van der Waals surface area contributed by atoms with E-state index in [-0.39, 0.29) is 41.3 Å². The maximum absolute atomic E-state index is 11.5. The maximum Gasteiger partial charge on any atom is 0.303 e. The Hall–Kier alpha value is -0.650. The predicted molar refractivity (Wildman–Crippen MR) is 110 cm³/mol. The van der Waals surface area contributed by atoms with Crippen LogP contribution >= 0.6 is 0 Å². The summed E-state index contributed by atoms with van der Waals surface area (Å²) >= 11 is 0. The van der Waals surface area contributed by atoms with E-state index in [9.17, 15) is 20.1 Å². The molecule has 4 unspecified atom stereocenters. The highest BCUT2D eigenvalue weighted by molar-refractivity contribution is 5.66. The Bertz CT molecular complexity index is 637. The van der Waals surface area contributed by atoms with Crippen molar-refractivity contribution in [2.45, 2.75) is 96.9 Å². The topological polar surface area (TPSA) is 98.0 Å². The Morgan fingerprint density at radius 1 is 1.03 bits per heavy atom. The van der Waals surface area contributed by atoms with E-state index in [1.165, 1.54) is 0 Å². The Morgan fingerprint density at radius 2 is 1.76 bits per heavy atom. The average Bonchev–Trinajstić information content (AvgIpc) is 3.01. The smallest absolute Gasteiger partial charge is 0.303 e. The van der Waals surface area contributed by atoms with Crippen LogP contribution in [0.5, 0.6) is 0 Å². The van der Waals surface area contributed by atoms with E-state index >= 15 is 0 Å². The minimum atomic E-state index is -0.748. The van der Waals surface area contributed by atoms with Crippen molar-refractivity contribution in [2.75, 3.05) is 0 Å². The lowest BCUT2D eigenvalue weighted by atomic mass is 9.43. The minimum Gasteiger partial charge on any atom is -0.481 e. The van der Waals surface area contributed by atoms with Gasteiger partial charge >= 0.3 is 5.97 Å². The normalized spacial score (nSPS) is 52.9. The van der Waals surface area contributed by atoms with Gasteiger partial charge < -0.3 is 20.4 Å². The molecule has 5 nitrogen and oxygen atoms in total. The molecule has 4 N–H and O–H groups in total. The first-order valence-corrected chi connectivity index (χ1v) is 11.8. The van der Waals surface area contributed by atoms with Gasteiger partial charge in [0.15, 0.2) is 0 Å². The number of hydrogen-bond donors (Lipinski definition) is 4. The number of carbonyl (C=O) groups is 1. The second kappa shape index (κ2) is 7.49. The van der Waals surface area contributed by atoms with Crippen molar-refractivity contribution in [1.82, 2.24) is 0 Å². The minimum absolute atomic E-state index is 0.0957. The summed E-state index contributed by atoms with van der Waals surface area (Å²) in [7, 11) is 0. The lowest BCUT2D eigenvalue weighted by Crippen LogP contribution is -2.62. The van der Waals surface area contributed by atoms with Crippen LogP contribution in [0.2, 0.25) is 0 Å². The number of fused-ring (bicyclic) bond motifs is 5. The Labute approximate surface area is 174 Å². The summed E-state index contributed by atoms with van der Waals surface area (Å²) in [5.41, 5.74) is -0.143. The van der Waals surface area contributed by atoms with Gasteiger partial charge in [-0.2, -0.15) is 0 Å². The molecule has 0 aliphatic heterocycles. The second-order valence-electron chi connectivity index (χ2n) is 11.4. The summed E-state index contributed by atoms with van der Waals surface area (Å²) in [5.74, 6) is 0.997. The summed E-state index contributed by atoms with van der Waals surface area (Å²) in [6.07, 6.45) is 6.00. The zero-order chi connectivity index (χ0) is 21.1. The van der Waals surface area contributed by atoms with Crippen LogP contribution in [0.1, 0.15) is 78.6 Å². The molecule has 0 amide bonds. The van der Waals surface area contributed by atoms with Gasteiger partial charge in [-0.25, -0.2) is 0 Å². The first kappa shape index (κ1) is 21.6. The Morgan fingerprint density at radius 3 is 2.45 bits per heavy atom. The van der Waals surface area contributed by atoms with Gasteiger partial charge in [-0.3, -0.25) is 4.79 Å². The molecule has 4 saturated carbocycles. The van der Waals surface area contributed by atoms with Gasteiger partial charge in [-0.15, -0.1) is 0 Å². The zero-order valence-electron chi connectivity index (χ0n) is 18.3. The Kier molecular flexibility index (Phi) is 5.57. The molecule has 5 heteroatoms. The van der Waals surface area contributed by atoms with Gasteiger partial charge in [0.25, 0.3) is 0 Å². The lowest BCUT2D eigenvalue weighted by Gasteiger charge is -2.63. The number of carboxylic acid groups (broad SMARTS) is 1. The van der Waals surface area contributed by atoms with Crippen LogP contribution in [0.25, 0.3) is 0 Å². The van der Waals surface area contributed by atoms with E-state index in [4.69, 9.17) is 5.11 Å². The molecule has 0 spiro atoms. The molecular formula is C24H40O5. The molecule has 0 bridgehead atoms. The van der Waals surface area contributed by atoms with Gasteiger partial charge in [0.05, 0.1) is 18.3 Å². The maximum atomic E-state index is 11.5. The molecule has 4 aliphatic carbocycles. The van der Waals surface area contributed by atoms with E-state index in [1.54, 1.807) is 0 Å². The molecule has 4 rings (SSSR count). The van der Waals surface area contributed by atoms with Gasteiger partial charge in [0.2, 0.25) is 0 Å². The summed E-state index contributed by atoms with van der Waals surface area (Å²) in [5, 5.41) is 42.0. The standard InChI is InChI=1S/C24H40O5/c1-13(4-7-21(28)29)16-5-6-17-22-18(12-20(27)24(16,17)3)23(2)9-8-15(25)10-14(23)11-19(22)26/h13-20,22,25-27H,4-12H2,1-3H3,(H,28,29)/t13-,14+,15-,16+,17?,18?,19?,20+,22?,23+,24-/m1/s1. The molecule has 0 heterocycles. The number of aliphatic carboxylic acids is 1. The molecule has 0 saturated heterocycles. The van der Waals surface area contributed by atoms with Gasteiger partial charge in [0.1, 0.15) is 0 Å². The van der Waals surface area contributed by atoms with E-state index in [0.717, 1.165) is 44.9 Å². The van der Waals surface area contributed by atoms with Crippen molar-refractivity contribution in [3.63, 3.8) is 0 Å². The van der Waals surface area contributed by atoms with Gasteiger partial charge in [-0.05, 0) is 97.7 Å². The molecule has 0 radical (unpaired) electrons. The van der Waals surface area contributed by atoms with Crippen LogP contribution in [0.15, 0.2) is 0 Å². The van der Waals surface area contributed by atoms with Crippen LogP contribution in [0, 0.1) is 46.3 Å². The lowest BCUT2D eigenvalue weighted by molar-refractivity contribution is -0.207. The fourth-order valence-electron chi connectivity index (χ4n) is 8.68.